The summed E-state index contributed by atoms with van der Waals surface area (Å²) in [6.45, 7) is 2.86. The van der Waals surface area contributed by atoms with Gasteiger partial charge in [-0.1, -0.05) is 22.9 Å². The number of pyridine rings is 1. The van der Waals surface area contributed by atoms with Crippen LogP contribution in [0.4, 0.5) is 15.8 Å². The third-order valence-corrected chi connectivity index (χ3v) is 3.24. The van der Waals surface area contributed by atoms with Crippen molar-refractivity contribution in [1.82, 2.24) is 4.98 Å². The second kappa shape index (κ2) is 7.17. The molecule has 0 saturated carbocycles. The average molecular weight is 352 g/mol. The molecule has 2 rings (SSSR count). The molecule has 0 atom stereocenters. The summed E-state index contributed by atoms with van der Waals surface area (Å²) in [6.07, 6.45) is 2.53. The van der Waals surface area contributed by atoms with Crippen LogP contribution < -0.4 is 10.6 Å². The maximum Gasteiger partial charge on any atom is 0.274 e. The Hall–Kier alpha value is -1.95. The highest BCUT2D eigenvalue weighted by Gasteiger charge is 2.11. The first kappa shape index (κ1) is 15.4. The summed E-state index contributed by atoms with van der Waals surface area (Å²) in [5.41, 5.74) is 1.16. The number of nitrogens with zero attached hydrogens (tertiary/aromatic N) is 1. The first-order valence-electron chi connectivity index (χ1n) is 6.56. The van der Waals surface area contributed by atoms with Crippen LogP contribution in [0.2, 0.25) is 0 Å². The summed E-state index contributed by atoms with van der Waals surface area (Å²) in [6, 6.07) is 7.78. The Labute approximate surface area is 130 Å². The lowest BCUT2D eigenvalue weighted by Gasteiger charge is -2.08. The molecule has 0 aliphatic carbocycles. The van der Waals surface area contributed by atoms with Crippen molar-refractivity contribution in [1.29, 1.82) is 0 Å². The molecule has 4 nitrogen and oxygen atoms in total. The fourth-order valence-electron chi connectivity index (χ4n) is 1.71. The molecule has 2 aromatic rings. The van der Waals surface area contributed by atoms with E-state index in [1.165, 1.54) is 12.1 Å². The van der Waals surface area contributed by atoms with E-state index in [2.05, 4.69) is 38.5 Å². The highest BCUT2D eigenvalue weighted by molar-refractivity contribution is 9.10. The van der Waals surface area contributed by atoms with E-state index in [0.29, 0.717) is 4.47 Å². The molecule has 1 heterocycles. The molecule has 6 heteroatoms. The molecule has 0 spiro atoms. The molecule has 21 heavy (non-hydrogen) atoms. The summed E-state index contributed by atoms with van der Waals surface area (Å²) in [5.74, 6) is -0.945. The van der Waals surface area contributed by atoms with Crippen LogP contribution in [-0.2, 0) is 0 Å². The Balaban J connectivity index is 2.14. The van der Waals surface area contributed by atoms with Gasteiger partial charge < -0.3 is 10.6 Å². The number of aromatic nitrogens is 1. The maximum absolute atomic E-state index is 13.6. The lowest BCUT2D eigenvalue weighted by atomic mass is 10.2. The molecule has 0 radical (unpaired) electrons. The molecular weight excluding hydrogens is 337 g/mol. The quantitative estimate of drug-likeness (QED) is 0.853. The van der Waals surface area contributed by atoms with Crippen molar-refractivity contribution in [3.8, 4) is 0 Å². The van der Waals surface area contributed by atoms with Crippen LogP contribution in [0.15, 0.2) is 41.0 Å². The first-order valence-corrected chi connectivity index (χ1v) is 7.35. The zero-order valence-electron chi connectivity index (χ0n) is 11.5. The van der Waals surface area contributed by atoms with E-state index in [1.54, 1.807) is 24.4 Å². The number of carbonyl (C=O) groups excluding carboxylic acids is 1. The highest BCUT2D eigenvalue weighted by Crippen LogP contribution is 2.20. The number of hydrogen-bond donors (Lipinski definition) is 2. The van der Waals surface area contributed by atoms with Gasteiger partial charge in [0.1, 0.15) is 11.5 Å². The molecule has 110 valence electrons. The van der Waals surface area contributed by atoms with Crippen LogP contribution in [0.3, 0.4) is 0 Å². The number of carbonyl (C=O) groups is 1. The zero-order chi connectivity index (χ0) is 15.2. The molecule has 0 bridgehead atoms. The van der Waals surface area contributed by atoms with E-state index in [-0.39, 0.29) is 11.4 Å². The van der Waals surface area contributed by atoms with E-state index in [9.17, 15) is 9.18 Å². The number of nitrogens with one attached hydrogen (secondary N) is 2. The van der Waals surface area contributed by atoms with Gasteiger partial charge in [-0.2, -0.15) is 0 Å². The minimum absolute atomic E-state index is 0.114. The fourth-order valence-corrected chi connectivity index (χ4v) is 2.07. The van der Waals surface area contributed by atoms with Gasteiger partial charge in [0.2, 0.25) is 0 Å². The topological polar surface area (TPSA) is 54.0 Å². The van der Waals surface area contributed by atoms with Crippen LogP contribution in [-0.4, -0.2) is 17.4 Å². The van der Waals surface area contributed by atoms with Gasteiger partial charge in [0.05, 0.1) is 5.69 Å². The van der Waals surface area contributed by atoms with Crippen LogP contribution in [0, 0.1) is 5.82 Å². The number of hydrogen-bond acceptors (Lipinski definition) is 3. The SMILES string of the molecule is CCCNc1ccnc(C(=O)Nc2cc(Br)ccc2F)c1. The summed E-state index contributed by atoms with van der Waals surface area (Å²) >= 11 is 3.24. The summed E-state index contributed by atoms with van der Waals surface area (Å²) < 4.78 is 14.3. The minimum atomic E-state index is -0.494. The van der Waals surface area contributed by atoms with Gasteiger partial charge >= 0.3 is 0 Å². The van der Waals surface area contributed by atoms with Crippen molar-refractivity contribution in [3.63, 3.8) is 0 Å². The van der Waals surface area contributed by atoms with Crippen molar-refractivity contribution in [2.45, 2.75) is 13.3 Å². The van der Waals surface area contributed by atoms with Gasteiger partial charge in [-0.3, -0.25) is 9.78 Å². The number of anilines is 2. The normalized spacial score (nSPS) is 10.2. The number of amides is 1. The van der Waals surface area contributed by atoms with Crippen LogP contribution in [0.5, 0.6) is 0 Å². The lowest BCUT2D eigenvalue weighted by Crippen LogP contribution is -2.15. The standard InChI is InChI=1S/C15H15BrFN3O/c1-2-6-18-11-5-7-19-14(9-11)15(21)20-13-8-10(16)3-4-12(13)17/h3-5,7-9H,2,6H2,1H3,(H,18,19)(H,20,21). The van der Waals surface area contributed by atoms with Gasteiger partial charge in [-0.05, 0) is 36.8 Å². The van der Waals surface area contributed by atoms with Crippen molar-refractivity contribution in [3.05, 3.63) is 52.5 Å². The second-order valence-corrected chi connectivity index (χ2v) is 5.35. The Kier molecular flexibility index (Phi) is 5.27. The van der Waals surface area contributed by atoms with E-state index >= 15 is 0 Å². The van der Waals surface area contributed by atoms with Crippen LogP contribution in [0.25, 0.3) is 0 Å². The van der Waals surface area contributed by atoms with Gasteiger partial charge in [0, 0.05) is 22.9 Å². The first-order chi connectivity index (χ1) is 10.1. The molecular formula is C15H15BrFN3O. The molecule has 0 unspecified atom stereocenters. The van der Waals surface area contributed by atoms with Crippen molar-refractivity contribution in [2.75, 3.05) is 17.2 Å². The summed E-state index contributed by atoms with van der Waals surface area (Å²) in [7, 11) is 0. The molecule has 1 amide bonds. The lowest BCUT2D eigenvalue weighted by molar-refractivity contribution is 0.102. The van der Waals surface area contributed by atoms with E-state index in [0.717, 1.165) is 18.7 Å². The summed E-state index contributed by atoms with van der Waals surface area (Å²) in [5, 5.41) is 5.69. The average Bonchev–Trinajstić information content (AvgIpc) is 2.49. The summed E-state index contributed by atoms with van der Waals surface area (Å²) in [4.78, 5) is 16.1. The third kappa shape index (κ3) is 4.26. The molecule has 0 aliphatic heterocycles. The van der Waals surface area contributed by atoms with Crippen LogP contribution >= 0.6 is 15.9 Å². The molecule has 0 saturated heterocycles. The molecule has 1 aromatic heterocycles. The highest BCUT2D eigenvalue weighted by atomic mass is 79.9. The predicted octanol–water partition coefficient (Wildman–Crippen LogP) is 4.06. The van der Waals surface area contributed by atoms with Crippen molar-refractivity contribution in [2.24, 2.45) is 0 Å². The van der Waals surface area contributed by atoms with E-state index < -0.39 is 11.7 Å². The smallest absolute Gasteiger partial charge is 0.274 e. The molecule has 0 fully saturated rings. The van der Waals surface area contributed by atoms with Crippen LogP contribution in [0.1, 0.15) is 23.8 Å². The van der Waals surface area contributed by atoms with Gasteiger partial charge in [0.25, 0.3) is 5.91 Å². The number of rotatable bonds is 5. The van der Waals surface area contributed by atoms with E-state index in [4.69, 9.17) is 0 Å². The van der Waals surface area contributed by atoms with E-state index in [1.807, 2.05) is 0 Å². The maximum atomic E-state index is 13.6. The number of halogens is 2. The third-order valence-electron chi connectivity index (χ3n) is 2.75. The molecule has 0 aliphatic rings. The molecule has 1 aromatic carbocycles. The van der Waals surface area contributed by atoms with Crippen molar-refractivity contribution < 1.29 is 9.18 Å². The Bertz CT molecular complexity index is 649. The minimum Gasteiger partial charge on any atom is -0.385 e. The van der Waals surface area contributed by atoms with Crippen molar-refractivity contribution >= 4 is 33.2 Å². The monoisotopic (exact) mass is 351 g/mol. The largest absolute Gasteiger partial charge is 0.385 e. The second-order valence-electron chi connectivity index (χ2n) is 4.43. The predicted molar refractivity (Wildman–Crippen MR) is 85.1 cm³/mol. The molecule has 2 N–H and O–H groups in total. The zero-order valence-corrected chi connectivity index (χ0v) is 13.1. The Morgan fingerprint density at radius 1 is 1.33 bits per heavy atom. The Morgan fingerprint density at radius 2 is 2.14 bits per heavy atom. The van der Waals surface area contributed by atoms with Gasteiger partial charge in [-0.25, -0.2) is 4.39 Å². The fraction of sp³-hybridized carbons (Fsp3) is 0.200. The number of benzene rings is 1. The van der Waals surface area contributed by atoms with Gasteiger partial charge in [0.15, 0.2) is 0 Å². The van der Waals surface area contributed by atoms with Gasteiger partial charge in [-0.15, -0.1) is 0 Å². The Morgan fingerprint density at radius 3 is 2.90 bits per heavy atom.